The molecule has 3 nitrogen and oxygen atoms in total. The van der Waals surface area contributed by atoms with E-state index < -0.39 is 0 Å². The fourth-order valence-electron chi connectivity index (χ4n) is 0.835. The molecule has 0 aromatic carbocycles. The number of nitrogens with one attached hydrogen (secondary N) is 2. The lowest BCUT2D eigenvalue weighted by molar-refractivity contribution is -0.120. The van der Waals surface area contributed by atoms with Crippen LogP contribution in [0.25, 0.3) is 0 Å². The van der Waals surface area contributed by atoms with Gasteiger partial charge in [-0.2, -0.15) is 0 Å². The van der Waals surface area contributed by atoms with Gasteiger partial charge in [-0.05, 0) is 13.0 Å². The summed E-state index contributed by atoms with van der Waals surface area (Å²) in [4.78, 5) is 11.1. The minimum absolute atomic E-state index is 0.0553. The summed E-state index contributed by atoms with van der Waals surface area (Å²) in [6, 6.07) is 0. The van der Waals surface area contributed by atoms with Gasteiger partial charge in [0.1, 0.15) is 0 Å². The van der Waals surface area contributed by atoms with Crippen molar-refractivity contribution in [2.75, 3.05) is 31.1 Å². The molecule has 14 heavy (non-hydrogen) atoms. The molecule has 0 spiro atoms. The Morgan fingerprint density at radius 1 is 1.50 bits per heavy atom. The Labute approximate surface area is 90.4 Å². The van der Waals surface area contributed by atoms with Crippen molar-refractivity contribution in [3.63, 3.8) is 0 Å². The van der Waals surface area contributed by atoms with Crippen LogP contribution in [0.4, 0.5) is 0 Å². The van der Waals surface area contributed by atoms with Crippen molar-refractivity contribution in [1.29, 1.82) is 0 Å². The fourth-order valence-corrected chi connectivity index (χ4v) is 1.34. The van der Waals surface area contributed by atoms with Crippen LogP contribution < -0.4 is 10.6 Å². The molecule has 0 aliphatic heterocycles. The first kappa shape index (κ1) is 13.3. The number of thioether (sulfide) groups is 1. The van der Waals surface area contributed by atoms with Crippen LogP contribution >= 0.6 is 11.8 Å². The molecule has 0 radical (unpaired) electrons. The molecule has 0 rings (SSSR count). The predicted octanol–water partition coefficient (Wildman–Crippen LogP) is 0.469. The van der Waals surface area contributed by atoms with E-state index in [0.29, 0.717) is 18.8 Å². The first-order valence-corrected chi connectivity index (χ1v) is 5.95. The number of carbonyl (C=O) groups is 1. The molecule has 2 N–H and O–H groups in total. The second-order valence-electron chi connectivity index (χ2n) is 2.78. The maximum atomic E-state index is 11.1. The third-order valence-electron chi connectivity index (χ3n) is 1.47. The Morgan fingerprint density at radius 2 is 2.29 bits per heavy atom. The van der Waals surface area contributed by atoms with Gasteiger partial charge >= 0.3 is 0 Å². The summed E-state index contributed by atoms with van der Waals surface area (Å²) < 4.78 is 0. The van der Waals surface area contributed by atoms with Gasteiger partial charge < -0.3 is 10.6 Å². The first-order chi connectivity index (χ1) is 6.81. The van der Waals surface area contributed by atoms with E-state index in [1.807, 2.05) is 0 Å². The first-order valence-electron chi connectivity index (χ1n) is 4.80. The van der Waals surface area contributed by atoms with Crippen LogP contribution in [0.2, 0.25) is 0 Å². The molecule has 0 unspecified atom stereocenters. The summed E-state index contributed by atoms with van der Waals surface area (Å²) in [5.74, 6) is 4.18. The second kappa shape index (κ2) is 10.4. The van der Waals surface area contributed by atoms with E-state index in [9.17, 15) is 4.79 Å². The van der Waals surface area contributed by atoms with Crippen molar-refractivity contribution < 1.29 is 4.79 Å². The van der Waals surface area contributed by atoms with Gasteiger partial charge in [-0.1, -0.05) is 12.8 Å². The van der Waals surface area contributed by atoms with E-state index in [4.69, 9.17) is 6.42 Å². The maximum Gasteiger partial charge on any atom is 0.233 e. The highest BCUT2D eigenvalue weighted by Crippen LogP contribution is 1.94. The maximum absolute atomic E-state index is 11.1. The van der Waals surface area contributed by atoms with Gasteiger partial charge in [0.15, 0.2) is 0 Å². The molecule has 0 bridgehead atoms. The van der Waals surface area contributed by atoms with Crippen LogP contribution in [0.1, 0.15) is 13.3 Å². The van der Waals surface area contributed by atoms with Gasteiger partial charge in [0.05, 0.1) is 12.3 Å². The van der Waals surface area contributed by atoms with Crippen LogP contribution in [0.5, 0.6) is 0 Å². The number of terminal acetylenes is 1. The molecule has 0 heterocycles. The number of hydrogen-bond acceptors (Lipinski definition) is 3. The van der Waals surface area contributed by atoms with Gasteiger partial charge in [-0.3, -0.25) is 4.79 Å². The molecule has 0 saturated heterocycles. The molecule has 4 heteroatoms. The van der Waals surface area contributed by atoms with Gasteiger partial charge in [0.2, 0.25) is 5.91 Å². The Hall–Kier alpha value is -0.660. The lowest BCUT2D eigenvalue weighted by Gasteiger charge is -2.04. The average Bonchev–Trinajstić information content (AvgIpc) is 2.18. The van der Waals surface area contributed by atoms with Crippen LogP contribution in [-0.4, -0.2) is 37.0 Å². The third-order valence-corrected chi connectivity index (χ3v) is 2.33. The summed E-state index contributed by atoms with van der Waals surface area (Å²) in [6.45, 7) is 4.06. The summed E-state index contributed by atoms with van der Waals surface area (Å²) in [6.07, 6.45) is 6.13. The van der Waals surface area contributed by atoms with E-state index in [1.54, 1.807) is 11.8 Å². The topological polar surface area (TPSA) is 41.1 Å². The number of amides is 1. The van der Waals surface area contributed by atoms with Gasteiger partial charge in [0, 0.05) is 12.3 Å². The summed E-state index contributed by atoms with van der Waals surface area (Å²) in [5.41, 5.74) is 0. The molecule has 0 aliphatic carbocycles. The largest absolute Gasteiger partial charge is 0.354 e. The highest BCUT2D eigenvalue weighted by Gasteiger charge is 1.97. The highest BCUT2D eigenvalue weighted by molar-refractivity contribution is 7.99. The van der Waals surface area contributed by atoms with Gasteiger partial charge in [-0.15, -0.1) is 18.2 Å². The summed E-state index contributed by atoms with van der Waals surface area (Å²) in [7, 11) is 0. The number of rotatable bonds is 8. The van der Waals surface area contributed by atoms with Crippen LogP contribution in [0, 0.1) is 12.3 Å². The van der Waals surface area contributed by atoms with Crippen LogP contribution in [-0.2, 0) is 4.79 Å². The van der Waals surface area contributed by atoms with E-state index >= 15 is 0 Å². The Kier molecular flexibility index (Phi) is 9.93. The van der Waals surface area contributed by atoms with Crippen molar-refractivity contribution >= 4 is 17.7 Å². The molecule has 1 amide bonds. The predicted molar refractivity (Wildman–Crippen MR) is 62.3 cm³/mol. The molecule has 0 fully saturated rings. The lowest BCUT2D eigenvalue weighted by atomic mass is 10.4. The normalized spacial score (nSPS) is 9.43. The third kappa shape index (κ3) is 9.43. The standard InChI is InChI=1S/C10H18N2OS/c1-3-5-11-9-10(13)12-6-8-14-7-4-2/h2,11H,3,5-9H2,1H3,(H,12,13). The molecule has 0 aromatic rings. The average molecular weight is 214 g/mol. The zero-order valence-corrected chi connectivity index (χ0v) is 9.45. The van der Waals surface area contributed by atoms with Gasteiger partial charge in [0.25, 0.3) is 0 Å². The quantitative estimate of drug-likeness (QED) is 0.456. The zero-order chi connectivity index (χ0) is 10.6. The molecule has 0 aliphatic rings. The fraction of sp³-hybridized carbons (Fsp3) is 0.700. The van der Waals surface area contributed by atoms with Crippen molar-refractivity contribution in [3.8, 4) is 12.3 Å². The molecule has 0 saturated carbocycles. The minimum atomic E-state index is 0.0553. The number of hydrogen-bond donors (Lipinski definition) is 2. The van der Waals surface area contributed by atoms with E-state index in [-0.39, 0.29) is 5.91 Å². The Morgan fingerprint density at radius 3 is 2.93 bits per heavy atom. The van der Waals surface area contributed by atoms with E-state index in [1.165, 1.54) is 0 Å². The van der Waals surface area contributed by atoms with Gasteiger partial charge in [-0.25, -0.2) is 0 Å². The van der Waals surface area contributed by atoms with Crippen molar-refractivity contribution in [2.24, 2.45) is 0 Å². The number of carbonyl (C=O) groups excluding carboxylic acids is 1. The SMILES string of the molecule is C#CCSCCNC(=O)CNCCC. The molecule has 0 aromatic heterocycles. The van der Waals surface area contributed by atoms with E-state index in [2.05, 4.69) is 23.5 Å². The van der Waals surface area contributed by atoms with Crippen molar-refractivity contribution in [3.05, 3.63) is 0 Å². The lowest BCUT2D eigenvalue weighted by Crippen LogP contribution is -2.35. The van der Waals surface area contributed by atoms with E-state index in [0.717, 1.165) is 18.7 Å². The van der Waals surface area contributed by atoms with Crippen LogP contribution in [0.3, 0.4) is 0 Å². The Balaban J connectivity index is 3.15. The summed E-state index contributed by atoms with van der Waals surface area (Å²) >= 11 is 1.65. The molecular formula is C10H18N2OS. The Bertz CT molecular complexity index is 189. The molecule has 0 atom stereocenters. The molecular weight excluding hydrogens is 196 g/mol. The van der Waals surface area contributed by atoms with Crippen LogP contribution in [0.15, 0.2) is 0 Å². The monoisotopic (exact) mass is 214 g/mol. The summed E-state index contributed by atoms with van der Waals surface area (Å²) in [5, 5.41) is 5.85. The molecule has 80 valence electrons. The zero-order valence-electron chi connectivity index (χ0n) is 8.64. The van der Waals surface area contributed by atoms with Crippen molar-refractivity contribution in [2.45, 2.75) is 13.3 Å². The second-order valence-corrected chi connectivity index (χ2v) is 3.89. The highest BCUT2D eigenvalue weighted by atomic mass is 32.2. The minimum Gasteiger partial charge on any atom is -0.354 e. The van der Waals surface area contributed by atoms with Crippen molar-refractivity contribution in [1.82, 2.24) is 10.6 Å². The smallest absolute Gasteiger partial charge is 0.233 e.